The van der Waals surface area contributed by atoms with Gasteiger partial charge in [0.2, 0.25) is 0 Å². The zero-order chi connectivity index (χ0) is 22.1. The highest BCUT2D eigenvalue weighted by Crippen LogP contribution is 2.46. The van der Waals surface area contributed by atoms with Gasteiger partial charge in [0, 0.05) is 39.1 Å². The van der Waals surface area contributed by atoms with Gasteiger partial charge in [0.15, 0.2) is 5.79 Å². The van der Waals surface area contributed by atoms with Gasteiger partial charge in [-0.1, -0.05) is 36.4 Å². The van der Waals surface area contributed by atoms with Crippen LogP contribution in [0.2, 0.25) is 0 Å². The smallest absolute Gasteiger partial charge is 0.252 e. The Morgan fingerprint density at radius 2 is 1.39 bits per heavy atom. The fraction of sp³-hybridized carbons (Fsp3) is 0.296. The minimum absolute atomic E-state index is 0.0214. The van der Waals surface area contributed by atoms with Crippen molar-refractivity contribution < 1.29 is 14.3 Å². The van der Waals surface area contributed by atoms with Gasteiger partial charge in [-0.2, -0.15) is 0 Å². The molecule has 1 amide bonds. The van der Waals surface area contributed by atoms with E-state index in [1.54, 1.807) is 0 Å². The lowest BCUT2D eigenvalue weighted by Gasteiger charge is -2.24. The Hall–Kier alpha value is -3.35. The molecule has 0 unspecified atom stereocenters. The summed E-state index contributed by atoms with van der Waals surface area (Å²) in [6, 6.07) is 17.0. The minimum atomic E-state index is -0.627. The third-order valence-electron chi connectivity index (χ3n) is 7.68. The maximum absolute atomic E-state index is 13.2. The van der Waals surface area contributed by atoms with Crippen molar-refractivity contribution in [3.05, 3.63) is 59.7 Å². The topological polar surface area (TPSA) is 57.4 Å². The third kappa shape index (κ3) is 2.13. The molecular weight excluding hydrogens is 414 g/mol. The Kier molecular flexibility index (Phi) is 3.16. The number of fused-ring (bicyclic) bond motifs is 10. The maximum atomic E-state index is 13.2. The number of amides is 1. The first-order valence-corrected chi connectivity index (χ1v) is 11.6. The van der Waals surface area contributed by atoms with Crippen LogP contribution in [0.1, 0.15) is 29.8 Å². The van der Waals surface area contributed by atoms with Gasteiger partial charge in [0.05, 0.1) is 29.7 Å². The second-order valence-electron chi connectivity index (χ2n) is 9.95. The van der Waals surface area contributed by atoms with Crippen molar-refractivity contribution in [3.63, 3.8) is 0 Å². The van der Waals surface area contributed by atoms with E-state index in [4.69, 9.17) is 9.47 Å². The van der Waals surface area contributed by atoms with Crippen LogP contribution >= 0.6 is 0 Å². The van der Waals surface area contributed by atoms with Crippen molar-refractivity contribution in [2.45, 2.75) is 51.5 Å². The Morgan fingerprint density at radius 1 is 0.848 bits per heavy atom. The van der Waals surface area contributed by atoms with E-state index in [1.165, 1.54) is 21.8 Å². The predicted octanol–water partition coefficient (Wildman–Crippen LogP) is 4.68. The van der Waals surface area contributed by atoms with E-state index < -0.39 is 5.79 Å². The first-order chi connectivity index (χ1) is 16.0. The van der Waals surface area contributed by atoms with E-state index in [0.29, 0.717) is 13.1 Å². The van der Waals surface area contributed by atoms with Crippen LogP contribution < -0.4 is 5.32 Å². The summed E-state index contributed by atoms with van der Waals surface area (Å²) in [6.45, 7) is 5.96. The van der Waals surface area contributed by atoms with Crippen LogP contribution in [0.25, 0.3) is 43.6 Å². The number of carbonyl (C=O) groups is 1. The Morgan fingerprint density at radius 3 is 2.03 bits per heavy atom. The highest BCUT2D eigenvalue weighted by Gasteiger charge is 2.44. The van der Waals surface area contributed by atoms with Crippen molar-refractivity contribution in [1.29, 1.82) is 0 Å². The number of hydrogen-bond acceptors (Lipinski definition) is 3. The zero-order valence-corrected chi connectivity index (χ0v) is 18.5. The average Bonchev–Trinajstić information content (AvgIpc) is 3.49. The Balaban J connectivity index is 1.66. The molecule has 0 radical (unpaired) electrons. The zero-order valence-electron chi connectivity index (χ0n) is 18.5. The molecule has 0 spiro atoms. The number of carbonyl (C=O) groups excluding carboxylic acids is 1. The molecule has 1 N–H and O–H groups in total. The summed E-state index contributed by atoms with van der Waals surface area (Å²) in [5.41, 5.74) is 6.58. The molecule has 164 valence electrons. The van der Waals surface area contributed by atoms with Crippen molar-refractivity contribution >= 4 is 49.5 Å². The van der Waals surface area contributed by atoms with Crippen molar-refractivity contribution in [3.8, 4) is 0 Å². The second kappa shape index (κ2) is 5.76. The summed E-state index contributed by atoms with van der Waals surface area (Å²) in [4.78, 5) is 13.2. The fourth-order valence-corrected chi connectivity index (χ4v) is 6.58. The second-order valence-corrected chi connectivity index (χ2v) is 9.95. The lowest BCUT2D eigenvalue weighted by molar-refractivity contribution is -0.147. The molecule has 0 saturated carbocycles. The molecule has 6 heteroatoms. The van der Waals surface area contributed by atoms with Crippen molar-refractivity contribution in [2.24, 2.45) is 0 Å². The van der Waals surface area contributed by atoms with Gasteiger partial charge in [-0.05, 0) is 31.5 Å². The van der Waals surface area contributed by atoms with Gasteiger partial charge in [-0.25, -0.2) is 0 Å². The van der Waals surface area contributed by atoms with Gasteiger partial charge in [-0.15, -0.1) is 0 Å². The van der Waals surface area contributed by atoms with E-state index >= 15 is 0 Å². The van der Waals surface area contributed by atoms with Gasteiger partial charge in [0.1, 0.15) is 12.2 Å². The molecule has 3 aliphatic rings. The molecule has 3 aromatic carbocycles. The summed E-state index contributed by atoms with van der Waals surface area (Å²) < 4.78 is 17.6. The van der Waals surface area contributed by atoms with Crippen LogP contribution in [0, 0.1) is 0 Å². The van der Waals surface area contributed by atoms with Crippen LogP contribution in [-0.4, -0.2) is 33.0 Å². The Labute approximate surface area is 189 Å². The largest absolute Gasteiger partial charge is 0.348 e. The summed E-state index contributed by atoms with van der Waals surface area (Å²) in [7, 11) is 0. The van der Waals surface area contributed by atoms with E-state index in [-0.39, 0.29) is 18.1 Å². The summed E-state index contributed by atoms with van der Waals surface area (Å²) >= 11 is 0. The molecular formula is C27H23N3O3. The number of nitrogens with zero attached hydrogens (tertiary/aromatic N) is 2. The monoisotopic (exact) mass is 437 g/mol. The summed E-state index contributed by atoms with van der Waals surface area (Å²) in [5.74, 6) is -0.606. The van der Waals surface area contributed by atoms with E-state index in [9.17, 15) is 4.79 Å². The summed E-state index contributed by atoms with van der Waals surface area (Å²) in [5, 5.41) is 7.67. The number of para-hydroxylation sites is 2. The molecule has 6 nitrogen and oxygen atoms in total. The first-order valence-electron chi connectivity index (χ1n) is 11.6. The van der Waals surface area contributed by atoms with Crippen LogP contribution in [0.5, 0.6) is 0 Å². The maximum Gasteiger partial charge on any atom is 0.252 e. The molecule has 1 fully saturated rings. The highest BCUT2D eigenvalue weighted by atomic mass is 16.8. The number of rotatable bonds is 0. The molecule has 2 aromatic heterocycles. The standard InChI is InChI=1S/C27H23N3O3/c1-27(2)32-19-12-29-17-9-5-3-7-14(17)21-16-11-28-26(31)23(16)22-15-8-4-6-10-18(15)30(13-20(19)33-27)25(22)24(21)29/h3-10,19-20H,11-13H2,1-2H3,(H,28,31)/t19-,20-/m0/s1. The van der Waals surface area contributed by atoms with Crippen LogP contribution in [-0.2, 0) is 29.1 Å². The third-order valence-corrected chi connectivity index (χ3v) is 7.68. The first kappa shape index (κ1) is 18.1. The molecule has 3 aliphatic heterocycles. The molecule has 33 heavy (non-hydrogen) atoms. The number of benzene rings is 3. The highest BCUT2D eigenvalue weighted by molar-refractivity contribution is 6.30. The van der Waals surface area contributed by atoms with E-state index in [2.05, 4.69) is 63.0 Å². The van der Waals surface area contributed by atoms with Crippen LogP contribution in [0.4, 0.5) is 0 Å². The molecule has 1 saturated heterocycles. The predicted molar refractivity (Wildman–Crippen MR) is 127 cm³/mol. The van der Waals surface area contributed by atoms with Gasteiger partial charge >= 0.3 is 0 Å². The average molecular weight is 437 g/mol. The van der Waals surface area contributed by atoms with Gasteiger partial charge in [0.25, 0.3) is 5.91 Å². The van der Waals surface area contributed by atoms with Gasteiger partial charge in [-0.3, -0.25) is 4.79 Å². The number of nitrogens with one attached hydrogen (secondary N) is 1. The molecule has 0 aliphatic carbocycles. The lowest BCUT2D eigenvalue weighted by atomic mass is 9.97. The molecule has 5 aromatic rings. The van der Waals surface area contributed by atoms with Crippen molar-refractivity contribution in [2.75, 3.05) is 0 Å². The fourth-order valence-electron chi connectivity index (χ4n) is 6.58. The normalized spacial score (nSPS) is 23.4. The number of hydrogen-bond donors (Lipinski definition) is 1. The van der Waals surface area contributed by atoms with E-state index in [0.717, 1.165) is 39.5 Å². The van der Waals surface area contributed by atoms with Crippen LogP contribution in [0.3, 0.4) is 0 Å². The molecule has 0 bridgehead atoms. The lowest BCUT2D eigenvalue weighted by Crippen LogP contribution is -2.32. The molecule has 2 atom stereocenters. The van der Waals surface area contributed by atoms with E-state index in [1.807, 2.05) is 13.8 Å². The quantitative estimate of drug-likeness (QED) is 0.383. The Bertz CT molecular complexity index is 1690. The van der Waals surface area contributed by atoms with Crippen molar-refractivity contribution in [1.82, 2.24) is 14.5 Å². The number of ether oxygens (including phenoxy) is 2. The van der Waals surface area contributed by atoms with Gasteiger partial charge < -0.3 is 23.9 Å². The number of aromatic nitrogens is 2. The molecule has 5 heterocycles. The SMILES string of the molecule is CC1(C)O[C@H]2Cn3c4ccccc4c4c5c(c6c7ccccc7n(c6c43)C[C@@H]2O1)C(=O)NC5. The summed E-state index contributed by atoms with van der Waals surface area (Å²) in [6.07, 6.45) is -0.137. The van der Waals surface area contributed by atoms with Crippen LogP contribution in [0.15, 0.2) is 48.5 Å². The molecule has 8 rings (SSSR count). The minimum Gasteiger partial charge on any atom is -0.348 e.